The molecule has 2 amide bonds. The van der Waals surface area contributed by atoms with Gasteiger partial charge in [-0.1, -0.05) is 19.8 Å². The zero-order chi connectivity index (χ0) is 15.8. The van der Waals surface area contributed by atoms with E-state index >= 15 is 0 Å². The van der Waals surface area contributed by atoms with Crippen LogP contribution in [0, 0.1) is 0 Å². The van der Waals surface area contributed by atoms with E-state index in [1.165, 1.54) is 12.8 Å². The molecule has 1 N–H and O–H groups in total. The Labute approximate surface area is 128 Å². The summed E-state index contributed by atoms with van der Waals surface area (Å²) in [5.41, 5.74) is 0. The maximum atomic E-state index is 12.8. The summed E-state index contributed by atoms with van der Waals surface area (Å²) in [5.74, 6) is -0.799. The lowest BCUT2D eigenvalue weighted by Crippen LogP contribution is -2.50. The third-order valence-corrected chi connectivity index (χ3v) is 4.25. The van der Waals surface area contributed by atoms with Crippen LogP contribution in [-0.2, 0) is 4.79 Å². The van der Waals surface area contributed by atoms with Gasteiger partial charge in [-0.05, 0) is 39.5 Å². The molecular weight excluding hydrogens is 268 g/mol. The standard InChI is InChI=1S/C16H30N2O3/c1-4-14-9-6-5-7-11-18(14)16(21)17(13(2)3)12-8-10-15(19)20/h13-14H,4-12H2,1-3H3,(H,19,20). The number of hydrogen-bond donors (Lipinski definition) is 1. The first kappa shape index (κ1) is 17.8. The third-order valence-electron chi connectivity index (χ3n) is 4.25. The lowest BCUT2D eigenvalue weighted by molar-refractivity contribution is -0.137. The molecule has 21 heavy (non-hydrogen) atoms. The number of likely N-dealkylation sites (tertiary alicyclic amines) is 1. The van der Waals surface area contributed by atoms with E-state index in [4.69, 9.17) is 5.11 Å². The fourth-order valence-corrected chi connectivity index (χ4v) is 2.99. The Balaban J connectivity index is 2.70. The van der Waals surface area contributed by atoms with E-state index in [2.05, 4.69) is 6.92 Å². The first-order chi connectivity index (χ1) is 9.97. The SMILES string of the molecule is CCC1CCCCCN1C(=O)N(CCCC(=O)O)C(C)C. The second-order valence-corrected chi connectivity index (χ2v) is 6.17. The molecule has 1 saturated heterocycles. The third kappa shape index (κ3) is 5.56. The van der Waals surface area contributed by atoms with Crippen LogP contribution in [0.1, 0.15) is 65.7 Å². The minimum atomic E-state index is -0.799. The quantitative estimate of drug-likeness (QED) is 0.818. The molecular formula is C16H30N2O3. The molecule has 1 rings (SSSR count). The molecule has 1 aliphatic heterocycles. The second kappa shape index (κ2) is 8.90. The molecule has 1 heterocycles. The minimum absolute atomic E-state index is 0.0872. The van der Waals surface area contributed by atoms with Crippen molar-refractivity contribution in [1.29, 1.82) is 0 Å². The zero-order valence-corrected chi connectivity index (χ0v) is 13.7. The molecule has 0 aromatic rings. The number of hydrogen-bond acceptors (Lipinski definition) is 2. The minimum Gasteiger partial charge on any atom is -0.481 e. The van der Waals surface area contributed by atoms with Crippen molar-refractivity contribution in [2.45, 2.75) is 77.8 Å². The van der Waals surface area contributed by atoms with Gasteiger partial charge < -0.3 is 14.9 Å². The monoisotopic (exact) mass is 298 g/mol. The van der Waals surface area contributed by atoms with Gasteiger partial charge in [0.15, 0.2) is 0 Å². The van der Waals surface area contributed by atoms with E-state index in [1.807, 2.05) is 23.6 Å². The van der Waals surface area contributed by atoms with Gasteiger partial charge in [-0.25, -0.2) is 4.79 Å². The number of aliphatic carboxylic acids is 1. The topological polar surface area (TPSA) is 60.9 Å². The first-order valence-corrected chi connectivity index (χ1v) is 8.26. The summed E-state index contributed by atoms with van der Waals surface area (Å²) in [7, 11) is 0. The molecule has 0 aromatic carbocycles. The molecule has 122 valence electrons. The lowest BCUT2D eigenvalue weighted by atomic mass is 10.1. The summed E-state index contributed by atoms with van der Waals surface area (Å²) in [6.45, 7) is 7.49. The van der Waals surface area contributed by atoms with E-state index in [0.717, 1.165) is 25.8 Å². The maximum absolute atomic E-state index is 12.8. The smallest absolute Gasteiger partial charge is 0.320 e. The number of rotatable bonds is 6. The van der Waals surface area contributed by atoms with E-state index < -0.39 is 5.97 Å². The molecule has 1 unspecified atom stereocenters. The van der Waals surface area contributed by atoms with E-state index in [-0.39, 0.29) is 18.5 Å². The van der Waals surface area contributed by atoms with Crippen molar-refractivity contribution in [3.05, 3.63) is 0 Å². The van der Waals surface area contributed by atoms with Gasteiger partial charge in [0, 0.05) is 31.6 Å². The van der Waals surface area contributed by atoms with Gasteiger partial charge in [0.1, 0.15) is 0 Å². The number of carboxylic acid groups (broad SMARTS) is 1. The highest BCUT2D eigenvalue weighted by Crippen LogP contribution is 2.21. The zero-order valence-electron chi connectivity index (χ0n) is 13.7. The van der Waals surface area contributed by atoms with Crippen molar-refractivity contribution in [3.63, 3.8) is 0 Å². The second-order valence-electron chi connectivity index (χ2n) is 6.17. The molecule has 5 nitrogen and oxygen atoms in total. The van der Waals surface area contributed by atoms with Crippen LogP contribution in [0.25, 0.3) is 0 Å². The average Bonchev–Trinajstić information content (AvgIpc) is 2.67. The lowest BCUT2D eigenvalue weighted by Gasteiger charge is -2.36. The van der Waals surface area contributed by atoms with E-state index in [9.17, 15) is 9.59 Å². The molecule has 0 saturated carbocycles. The van der Waals surface area contributed by atoms with Crippen molar-refractivity contribution in [2.75, 3.05) is 13.1 Å². The molecule has 5 heteroatoms. The van der Waals surface area contributed by atoms with Gasteiger partial charge in [-0.2, -0.15) is 0 Å². The fraction of sp³-hybridized carbons (Fsp3) is 0.875. The molecule has 1 atom stereocenters. The van der Waals surface area contributed by atoms with Crippen LogP contribution in [0.3, 0.4) is 0 Å². The van der Waals surface area contributed by atoms with Crippen LogP contribution >= 0.6 is 0 Å². The number of amides is 2. The van der Waals surface area contributed by atoms with E-state index in [0.29, 0.717) is 19.0 Å². The largest absolute Gasteiger partial charge is 0.481 e. The highest BCUT2D eigenvalue weighted by molar-refractivity contribution is 5.75. The van der Waals surface area contributed by atoms with Crippen molar-refractivity contribution in [2.24, 2.45) is 0 Å². The number of urea groups is 1. The summed E-state index contributed by atoms with van der Waals surface area (Å²) >= 11 is 0. The summed E-state index contributed by atoms with van der Waals surface area (Å²) in [5, 5.41) is 8.76. The Bertz CT molecular complexity index is 344. The average molecular weight is 298 g/mol. The van der Waals surface area contributed by atoms with Crippen molar-refractivity contribution >= 4 is 12.0 Å². The van der Waals surface area contributed by atoms with Gasteiger partial charge >= 0.3 is 12.0 Å². The van der Waals surface area contributed by atoms with Gasteiger partial charge in [0.25, 0.3) is 0 Å². The van der Waals surface area contributed by atoms with Crippen LogP contribution in [-0.4, -0.2) is 52.1 Å². The first-order valence-electron chi connectivity index (χ1n) is 8.26. The molecule has 0 bridgehead atoms. The predicted molar refractivity (Wildman–Crippen MR) is 83.4 cm³/mol. The van der Waals surface area contributed by atoms with Crippen LogP contribution in [0.4, 0.5) is 4.79 Å². The predicted octanol–water partition coefficient (Wildman–Crippen LogP) is 3.34. The fourth-order valence-electron chi connectivity index (χ4n) is 2.99. The molecule has 0 radical (unpaired) electrons. The van der Waals surface area contributed by atoms with Gasteiger partial charge in [0.05, 0.1) is 0 Å². The Morgan fingerprint density at radius 3 is 2.57 bits per heavy atom. The number of carboxylic acids is 1. The molecule has 0 aliphatic carbocycles. The van der Waals surface area contributed by atoms with Crippen molar-refractivity contribution < 1.29 is 14.7 Å². The Hall–Kier alpha value is -1.26. The summed E-state index contributed by atoms with van der Waals surface area (Å²) in [6.07, 6.45) is 6.18. The molecule has 0 aromatic heterocycles. The van der Waals surface area contributed by atoms with Crippen LogP contribution in [0.2, 0.25) is 0 Å². The van der Waals surface area contributed by atoms with Gasteiger partial charge in [0.2, 0.25) is 0 Å². The van der Waals surface area contributed by atoms with Crippen LogP contribution in [0.15, 0.2) is 0 Å². The van der Waals surface area contributed by atoms with Crippen LogP contribution in [0.5, 0.6) is 0 Å². The van der Waals surface area contributed by atoms with Gasteiger partial charge in [-0.3, -0.25) is 4.79 Å². The van der Waals surface area contributed by atoms with Crippen molar-refractivity contribution in [3.8, 4) is 0 Å². The summed E-state index contributed by atoms with van der Waals surface area (Å²) < 4.78 is 0. The number of carbonyl (C=O) groups excluding carboxylic acids is 1. The maximum Gasteiger partial charge on any atom is 0.320 e. The molecule has 1 fully saturated rings. The molecule has 0 spiro atoms. The van der Waals surface area contributed by atoms with Crippen molar-refractivity contribution in [1.82, 2.24) is 9.80 Å². The normalized spacial score (nSPS) is 19.4. The van der Waals surface area contributed by atoms with E-state index in [1.54, 1.807) is 0 Å². The van der Waals surface area contributed by atoms with Crippen LogP contribution < -0.4 is 0 Å². The summed E-state index contributed by atoms with van der Waals surface area (Å²) in [6, 6.07) is 0.525. The molecule has 1 aliphatic rings. The van der Waals surface area contributed by atoms with Gasteiger partial charge in [-0.15, -0.1) is 0 Å². The number of carbonyl (C=O) groups is 2. The Morgan fingerprint density at radius 1 is 1.29 bits per heavy atom. The highest BCUT2D eigenvalue weighted by Gasteiger charge is 2.28. The highest BCUT2D eigenvalue weighted by atomic mass is 16.4. The Kier molecular flexibility index (Phi) is 7.54. The summed E-state index contributed by atoms with van der Waals surface area (Å²) in [4.78, 5) is 27.3. The number of nitrogens with zero attached hydrogens (tertiary/aromatic N) is 2. The Morgan fingerprint density at radius 2 is 2.00 bits per heavy atom.